The Morgan fingerprint density at radius 3 is 2.50 bits per heavy atom. The van der Waals surface area contributed by atoms with E-state index in [-0.39, 0.29) is 23.6 Å². The highest BCUT2D eigenvalue weighted by atomic mass is 35.5. The highest BCUT2D eigenvalue weighted by Gasteiger charge is 2.28. The number of hydrogen-bond donors (Lipinski definition) is 1. The van der Waals surface area contributed by atoms with E-state index < -0.39 is 6.04 Å². The van der Waals surface area contributed by atoms with Gasteiger partial charge in [-0.2, -0.15) is 0 Å². The molecule has 2 aromatic carbocycles. The minimum atomic E-state index is -0.538. The van der Waals surface area contributed by atoms with Gasteiger partial charge in [0.05, 0.1) is 5.75 Å². The SMILES string of the molecule is CC(C(=O)NC1CCCCC1)N(Cc1ccccc1)C(=O)CSCc1ccc(Cl)cc1Cl. The molecule has 7 heteroatoms. The van der Waals surface area contributed by atoms with Crippen LogP contribution in [0.5, 0.6) is 0 Å². The minimum absolute atomic E-state index is 0.0600. The van der Waals surface area contributed by atoms with Gasteiger partial charge in [-0.25, -0.2) is 0 Å². The molecule has 32 heavy (non-hydrogen) atoms. The Morgan fingerprint density at radius 1 is 1.09 bits per heavy atom. The fourth-order valence-corrected chi connectivity index (χ4v) is 5.37. The van der Waals surface area contributed by atoms with Crippen molar-refractivity contribution in [2.24, 2.45) is 0 Å². The second-order valence-corrected chi connectivity index (χ2v) is 10.1. The molecule has 3 rings (SSSR count). The molecule has 1 aliphatic carbocycles. The van der Waals surface area contributed by atoms with Crippen molar-refractivity contribution in [3.05, 3.63) is 69.7 Å². The zero-order chi connectivity index (χ0) is 22.9. The third-order valence-corrected chi connectivity index (χ3v) is 7.37. The molecule has 0 aliphatic heterocycles. The van der Waals surface area contributed by atoms with Crippen molar-refractivity contribution in [3.8, 4) is 0 Å². The first kappa shape index (κ1) is 24.9. The third kappa shape index (κ3) is 7.43. The van der Waals surface area contributed by atoms with E-state index in [2.05, 4.69) is 5.32 Å². The number of thioether (sulfide) groups is 1. The van der Waals surface area contributed by atoms with Gasteiger partial charge in [0.15, 0.2) is 0 Å². The number of nitrogens with zero attached hydrogens (tertiary/aromatic N) is 1. The van der Waals surface area contributed by atoms with Crippen LogP contribution in [0.25, 0.3) is 0 Å². The first-order chi connectivity index (χ1) is 15.4. The van der Waals surface area contributed by atoms with Crippen LogP contribution >= 0.6 is 35.0 Å². The maximum Gasteiger partial charge on any atom is 0.242 e. The minimum Gasteiger partial charge on any atom is -0.352 e. The summed E-state index contributed by atoms with van der Waals surface area (Å²) < 4.78 is 0. The molecule has 1 N–H and O–H groups in total. The van der Waals surface area contributed by atoms with Gasteiger partial charge < -0.3 is 10.2 Å². The molecule has 0 heterocycles. The number of carbonyl (C=O) groups excluding carboxylic acids is 2. The van der Waals surface area contributed by atoms with Gasteiger partial charge in [-0.15, -0.1) is 11.8 Å². The molecular formula is C25H30Cl2N2O2S. The van der Waals surface area contributed by atoms with Crippen molar-refractivity contribution in [3.63, 3.8) is 0 Å². The summed E-state index contributed by atoms with van der Waals surface area (Å²) in [6.45, 7) is 2.22. The summed E-state index contributed by atoms with van der Waals surface area (Å²) >= 11 is 13.7. The summed E-state index contributed by atoms with van der Waals surface area (Å²) in [6, 6.07) is 14.9. The molecule has 0 radical (unpaired) electrons. The topological polar surface area (TPSA) is 49.4 Å². The molecule has 0 spiro atoms. The maximum atomic E-state index is 13.2. The van der Waals surface area contributed by atoms with Crippen LogP contribution < -0.4 is 5.32 Å². The van der Waals surface area contributed by atoms with E-state index in [0.29, 0.717) is 22.3 Å². The van der Waals surface area contributed by atoms with Crippen molar-refractivity contribution < 1.29 is 9.59 Å². The number of carbonyl (C=O) groups is 2. The number of hydrogen-bond acceptors (Lipinski definition) is 3. The van der Waals surface area contributed by atoms with Crippen LogP contribution in [0.2, 0.25) is 10.0 Å². The number of halogens is 2. The van der Waals surface area contributed by atoms with Crippen LogP contribution in [-0.4, -0.2) is 34.6 Å². The predicted molar refractivity (Wildman–Crippen MR) is 134 cm³/mol. The Kier molecular flexibility index (Phi) is 9.76. The fraction of sp³-hybridized carbons (Fsp3) is 0.440. The first-order valence-electron chi connectivity index (χ1n) is 11.1. The Hall–Kier alpha value is -1.69. The molecule has 1 aliphatic rings. The Balaban J connectivity index is 1.63. The van der Waals surface area contributed by atoms with Crippen LogP contribution in [0, 0.1) is 0 Å². The molecule has 0 saturated heterocycles. The van der Waals surface area contributed by atoms with Crippen LogP contribution in [-0.2, 0) is 21.9 Å². The molecule has 0 bridgehead atoms. The van der Waals surface area contributed by atoms with E-state index in [9.17, 15) is 9.59 Å². The lowest BCUT2D eigenvalue weighted by Gasteiger charge is -2.31. The molecule has 1 fully saturated rings. The fourth-order valence-electron chi connectivity index (χ4n) is 3.90. The van der Waals surface area contributed by atoms with Gasteiger partial charge in [0, 0.05) is 28.4 Å². The smallest absolute Gasteiger partial charge is 0.242 e. The normalized spacial score (nSPS) is 15.2. The number of amides is 2. The molecule has 172 valence electrons. The predicted octanol–water partition coefficient (Wildman–Crippen LogP) is 6.09. The number of nitrogens with one attached hydrogen (secondary N) is 1. The van der Waals surface area contributed by atoms with Crippen molar-refractivity contribution in [2.75, 3.05) is 5.75 Å². The summed E-state index contributed by atoms with van der Waals surface area (Å²) in [5, 5.41) is 4.35. The Labute approximate surface area is 205 Å². The van der Waals surface area contributed by atoms with E-state index >= 15 is 0 Å². The lowest BCUT2D eigenvalue weighted by Crippen LogP contribution is -2.50. The van der Waals surface area contributed by atoms with Gasteiger partial charge in [-0.05, 0) is 43.0 Å². The average Bonchev–Trinajstić information content (AvgIpc) is 2.79. The van der Waals surface area contributed by atoms with Crippen LogP contribution in [0.1, 0.15) is 50.2 Å². The maximum absolute atomic E-state index is 13.2. The second-order valence-electron chi connectivity index (χ2n) is 8.26. The van der Waals surface area contributed by atoms with Crippen LogP contribution in [0.15, 0.2) is 48.5 Å². The lowest BCUT2D eigenvalue weighted by atomic mass is 9.95. The largest absolute Gasteiger partial charge is 0.352 e. The summed E-state index contributed by atoms with van der Waals surface area (Å²) in [6.07, 6.45) is 5.56. The van der Waals surface area contributed by atoms with Crippen LogP contribution in [0.4, 0.5) is 0 Å². The molecular weight excluding hydrogens is 463 g/mol. The van der Waals surface area contributed by atoms with Crippen molar-refractivity contribution in [1.29, 1.82) is 0 Å². The Morgan fingerprint density at radius 2 is 1.81 bits per heavy atom. The standard InChI is InChI=1S/C25H30Cl2N2O2S/c1-18(25(31)28-22-10-6-3-7-11-22)29(15-19-8-4-2-5-9-19)24(30)17-32-16-20-12-13-21(26)14-23(20)27/h2,4-5,8-9,12-14,18,22H,3,6-7,10-11,15-17H2,1H3,(H,28,31). The van der Waals surface area contributed by atoms with E-state index in [0.717, 1.165) is 36.8 Å². The van der Waals surface area contributed by atoms with E-state index in [4.69, 9.17) is 23.2 Å². The molecule has 1 unspecified atom stereocenters. The van der Waals surface area contributed by atoms with Gasteiger partial charge in [0.1, 0.15) is 6.04 Å². The molecule has 2 amide bonds. The Bertz CT molecular complexity index is 904. The third-order valence-electron chi connectivity index (χ3n) is 5.81. The van der Waals surface area contributed by atoms with E-state index in [1.807, 2.05) is 43.3 Å². The molecule has 1 saturated carbocycles. The van der Waals surface area contributed by atoms with Gasteiger partial charge in [0.25, 0.3) is 0 Å². The quantitative estimate of drug-likeness (QED) is 0.460. The zero-order valence-corrected chi connectivity index (χ0v) is 20.7. The average molecular weight is 494 g/mol. The monoisotopic (exact) mass is 492 g/mol. The lowest BCUT2D eigenvalue weighted by molar-refractivity contribution is -0.139. The van der Waals surface area contributed by atoms with Crippen molar-refractivity contribution in [2.45, 2.75) is 63.4 Å². The highest BCUT2D eigenvalue weighted by molar-refractivity contribution is 7.99. The number of rotatable bonds is 9. The van der Waals surface area contributed by atoms with Crippen molar-refractivity contribution >= 4 is 46.8 Å². The van der Waals surface area contributed by atoms with Gasteiger partial charge in [-0.3, -0.25) is 9.59 Å². The molecule has 0 aromatic heterocycles. The number of benzene rings is 2. The summed E-state index contributed by atoms with van der Waals surface area (Å²) in [5.41, 5.74) is 1.94. The summed E-state index contributed by atoms with van der Waals surface area (Å²) in [7, 11) is 0. The zero-order valence-electron chi connectivity index (χ0n) is 18.4. The molecule has 2 aromatic rings. The van der Waals surface area contributed by atoms with E-state index in [1.54, 1.807) is 17.0 Å². The van der Waals surface area contributed by atoms with Gasteiger partial charge in [0.2, 0.25) is 11.8 Å². The van der Waals surface area contributed by atoms with Crippen molar-refractivity contribution in [1.82, 2.24) is 10.2 Å². The summed E-state index contributed by atoms with van der Waals surface area (Å²) in [4.78, 5) is 27.8. The highest BCUT2D eigenvalue weighted by Crippen LogP contribution is 2.25. The van der Waals surface area contributed by atoms with Gasteiger partial charge in [-0.1, -0.05) is 78.9 Å². The first-order valence-corrected chi connectivity index (χ1v) is 13.0. The second kappa shape index (κ2) is 12.5. The summed E-state index contributed by atoms with van der Waals surface area (Å²) in [5.74, 6) is 0.735. The molecule has 4 nitrogen and oxygen atoms in total. The van der Waals surface area contributed by atoms with E-state index in [1.165, 1.54) is 18.2 Å². The van der Waals surface area contributed by atoms with Gasteiger partial charge >= 0.3 is 0 Å². The van der Waals surface area contributed by atoms with Crippen LogP contribution in [0.3, 0.4) is 0 Å². The molecule has 1 atom stereocenters.